The number of rotatable bonds is 7. The second-order valence-corrected chi connectivity index (χ2v) is 14.2. The molecular weight excluding hydrogens is 871 g/mol. The van der Waals surface area contributed by atoms with Gasteiger partial charge in [-0.05, 0) is 115 Å². The first-order chi connectivity index (χ1) is 35.5. The van der Waals surface area contributed by atoms with E-state index in [1.54, 1.807) is 0 Å². The van der Waals surface area contributed by atoms with Crippen molar-refractivity contribution in [3.05, 3.63) is 161 Å². The molecule has 0 saturated heterocycles. The Labute approximate surface area is 449 Å². The molecule has 0 fully saturated rings. The molecule has 0 bridgehead atoms. The molecule has 72 heavy (non-hydrogen) atoms. The summed E-state index contributed by atoms with van der Waals surface area (Å²) in [6.07, 6.45) is 3.24. The third-order valence-electron chi connectivity index (χ3n) is 11.1. The maximum Gasteiger partial charge on any atom is 0.0448 e. The fraction of sp³-hybridized carbons (Fsp3) is 0.478. The van der Waals surface area contributed by atoms with Crippen LogP contribution in [0.15, 0.2) is 127 Å². The highest BCUT2D eigenvalue weighted by Crippen LogP contribution is 2.44. The molecule has 9 rings (SSSR count). The summed E-state index contributed by atoms with van der Waals surface area (Å²) >= 11 is 0. The molecule has 0 atom stereocenters. The number of hydrogen-bond donors (Lipinski definition) is 0. The van der Waals surface area contributed by atoms with Gasteiger partial charge in [-0.3, -0.25) is 0 Å². The van der Waals surface area contributed by atoms with Gasteiger partial charge in [0.05, 0.1) is 0 Å². The highest BCUT2D eigenvalue weighted by Gasteiger charge is 2.24. The van der Waals surface area contributed by atoms with Crippen LogP contribution in [0.25, 0.3) is 33.4 Å². The molecule has 3 nitrogen and oxygen atoms in total. The van der Waals surface area contributed by atoms with Crippen LogP contribution in [0.2, 0.25) is 0 Å². The highest BCUT2D eigenvalue weighted by molar-refractivity contribution is 5.89. The molecule has 3 aliphatic carbocycles. The maximum atomic E-state index is 2.45. The molecule has 0 radical (unpaired) electrons. The van der Waals surface area contributed by atoms with E-state index in [2.05, 4.69) is 184 Å². The smallest absolute Gasteiger partial charge is 0.0448 e. The fourth-order valence-electron chi connectivity index (χ4n) is 8.53. The number of anilines is 3. The van der Waals surface area contributed by atoms with Gasteiger partial charge in [-0.15, -0.1) is 0 Å². The van der Waals surface area contributed by atoms with Crippen LogP contribution in [0.3, 0.4) is 0 Å². The quantitative estimate of drug-likeness (QED) is 0.158. The zero-order valence-electron chi connectivity index (χ0n) is 51.9. The molecule has 0 spiro atoms. The van der Waals surface area contributed by atoms with E-state index in [4.69, 9.17) is 0 Å². The number of nitrogens with zero attached hydrogens (tertiary/aromatic N) is 3. The average Bonchev–Trinajstić information content (AvgIpc) is 4.19. The summed E-state index contributed by atoms with van der Waals surface area (Å²) in [7, 11) is 4.22. The normalized spacial score (nSPS) is 9.58. The third kappa shape index (κ3) is 20.3. The van der Waals surface area contributed by atoms with Gasteiger partial charge in [-0.2, -0.15) is 0 Å². The lowest BCUT2D eigenvalue weighted by atomic mass is 10.0. The van der Waals surface area contributed by atoms with Crippen LogP contribution >= 0.6 is 0 Å². The molecule has 0 saturated carbocycles. The van der Waals surface area contributed by atoms with Crippen LogP contribution < -0.4 is 14.7 Å². The van der Waals surface area contributed by atoms with Crippen molar-refractivity contribution in [1.82, 2.24) is 0 Å². The summed E-state index contributed by atoms with van der Waals surface area (Å²) in [5.41, 5.74) is 21.5. The van der Waals surface area contributed by atoms with Gasteiger partial charge in [0.25, 0.3) is 0 Å². The van der Waals surface area contributed by atoms with Crippen molar-refractivity contribution in [2.24, 2.45) is 0 Å². The lowest BCUT2D eigenvalue weighted by Gasteiger charge is -2.24. The minimum Gasteiger partial charge on any atom is -0.377 e. The Kier molecular flexibility index (Phi) is 47.6. The molecule has 0 N–H and O–H groups in total. The van der Waals surface area contributed by atoms with Crippen molar-refractivity contribution < 1.29 is 0 Å². The van der Waals surface area contributed by atoms with Crippen LogP contribution in [0.5, 0.6) is 0 Å². The van der Waals surface area contributed by atoms with E-state index in [1.165, 1.54) is 83.8 Å². The first kappa shape index (κ1) is 73.3. The van der Waals surface area contributed by atoms with E-state index in [9.17, 15) is 0 Å². The van der Waals surface area contributed by atoms with Crippen molar-refractivity contribution in [3.8, 4) is 33.4 Å². The predicted molar refractivity (Wildman–Crippen MR) is 339 cm³/mol. The number of hydrogen-bond acceptors (Lipinski definition) is 3. The fourth-order valence-corrected chi connectivity index (χ4v) is 8.53. The van der Waals surface area contributed by atoms with Gasteiger partial charge >= 0.3 is 0 Å². The standard InChI is InChI=1S/2C17H19N.C15H15N.10C2H6/c2*1-3-18(4-2)16-11-7-9-14-12-13-8-5-6-10-15(13)17(14)16;1-16(2)14-9-5-7-12-10-11-6-3-4-8-13(11)15(12)14;10*1-2/h2*5-11H,3-4,12H2,1-2H3;3-9H,10H2,1-2H3;10*1-2H3. The van der Waals surface area contributed by atoms with Gasteiger partial charge in [0.1, 0.15) is 0 Å². The van der Waals surface area contributed by atoms with Crippen LogP contribution in [0.4, 0.5) is 17.1 Å². The molecule has 0 unspecified atom stereocenters. The second kappa shape index (κ2) is 46.8. The highest BCUT2D eigenvalue weighted by atomic mass is 15.1. The largest absolute Gasteiger partial charge is 0.377 e. The molecule has 404 valence electrons. The van der Waals surface area contributed by atoms with E-state index in [0.29, 0.717) is 0 Å². The number of benzene rings is 6. The molecule has 6 aromatic rings. The first-order valence-electron chi connectivity index (χ1n) is 29.2. The SMILES string of the molecule is CC.CC.CC.CC.CC.CC.CC.CC.CC.CC.CCN(CC)c1cccc2c1-c1ccccc1C2.CCN(CC)c1cccc2c1-c1ccccc1C2.CN(C)c1cccc2c1-c1ccccc1C2. The predicted octanol–water partition coefficient (Wildman–Crippen LogP) is 21.8. The Balaban J connectivity index is -0.000000410. The van der Waals surface area contributed by atoms with Crippen LogP contribution in [0.1, 0.15) is 200 Å². The molecule has 0 heterocycles. The van der Waals surface area contributed by atoms with Crippen LogP contribution in [0, 0.1) is 0 Å². The Morgan fingerprint density at radius 2 is 0.472 bits per heavy atom. The Hall–Kier alpha value is -5.28. The minimum absolute atomic E-state index is 1.06. The Morgan fingerprint density at radius 3 is 0.708 bits per heavy atom. The average molecular weight is 985 g/mol. The van der Waals surface area contributed by atoms with E-state index >= 15 is 0 Å². The summed E-state index contributed by atoms with van der Waals surface area (Å²) in [5, 5.41) is 0. The monoisotopic (exact) mass is 984 g/mol. The zero-order valence-corrected chi connectivity index (χ0v) is 51.9. The second-order valence-electron chi connectivity index (χ2n) is 14.2. The molecule has 0 aromatic heterocycles. The van der Waals surface area contributed by atoms with E-state index in [0.717, 1.165) is 45.4 Å². The minimum atomic E-state index is 1.06. The van der Waals surface area contributed by atoms with Gasteiger partial charge in [0, 0.05) is 74.0 Å². The Morgan fingerprint density at radius 1 is 0.264 bits per heavy atom. The zero-order chi connectivity index (χ0) is 56.2. The summed E-state index contributed by atoms with van der Waals surface area (Å²) < 4.78 is 0. The molecule has 6 aromatic carbocycles. The van der Waals surface area contributed by atoms with Crippen molar-refractivity contribution >= 4 is 17.1 Å². The lowest BCUT2D eigenvalue weighted by Crippen LogP contribution is -2.22. The molecule has 3 heteroatoms. The van der Waals surface area contributed by atoms with Gasteiger partial charge in [-0.25, -0.2) is 0 Å². The van der Waals surface area contributed by atoms with Crippen molar-refractivity contribution in [1.29, 1.82) is 0 Å². The van der Waals surface area contributed by atoms with E-state index < -0.39 is 0 Å². The van der Waals surface area contributed by atoms with Crippen molar-refractivity contribution in [2.45, 2.75) is 185 Å². The van der Waals surface area contributed by atoms with E-state index in [-0.39, 0.29) is 0 Å². The first-order valence-corrected chi connectivity index (χ1v) is 29.2. The molecular formula is C69H113N3. The summed E-state index contributed by atoms with van der Waals surface area (Å²) in [6, 6.07) is 46.3. The van der Waals surface area contributed by atoms with Gasteiger partial charge in [0.15, 0.2) is 0 Å². The summed E-state index contributed by atoms with van der Waals surface area (Å²) in [5.74, 6) is 0. The topological polar surface area (TPSA) is 9.72 Å². The van der Waals surface area contributed by atoms with Crippen molar-refractivity contribution in [3.63, 3.8) is 0 Å². The summed E-state index contributed by atoms with van der Waals surface area (Å²) in [4.78, 5) is 7.09. The van der Waals surface area contributed by atoms with E-state index in [1.807, 2.05) is 138 Å². The van der Waals surface area contributed by atoms with Crippen LogP contribution in [-0.2, 0) is 19.3 Å². The number of fused-ring (bicyclic) bond motifs is 9. The maximum absolute atomic E-state index is 2.45. The molecule has 3 aliphatic rings. The van der Waals surface area contributed by atoms with Crippen LogP contribution in [-0.4, -0.2) is 40.3 Å². The lowest BCUT2D eigenvalue weighted by molar-refractivity contribution is 0.867. The third-order valence-corrected chi connectivity index (χ3v) is 11.1. The summed E-state index contributed by atoms with van der Waals surface area (Å²) in [6.45, 7) is 53.2. The van der Waals surface area contributed by atoms with Gasteiger partial charge in [0.2, 0.25) is 0 Å². The molecule has 0 amide bonds. The molecule has 0 aliphatic heterocycles. The van der Waals surface area contributed by atoms with Gasteiger partial charge in [-0.1, -0.05) is 248 Å². The van der Waals surface area contributed by atoms with Gasteiger partial charge < -0.3 is 14.7 Å². The van der Waals surface area contributed by atoms with Crippen molar-refractivity contribution in [2.75, 3.05) is 55.0 Å². The Bertz CT molecular complexity index is 2070.